The highest BCUT2D eigenvalue weighted by Crippen LogP contribution is 2.56. The van der Waals surface area contributed by atoms with E-state index in [-0.39, 0.29) is 17.5 Å². The van der Waals surface area contributed by atoms with Crippen molar-refractivity contribution in [3.63, 3.8) is 0 Å². The SMILES string of the molecule is C/C=C\C=C/C/C=C/C=C(\C=C/C)B(c1ccc(-c2ccc(-c3ccccc3)cc2)cc1)c1ccc2c(c1)C(C)(C)c1cc3c(cc1-2)C(C)(C)c1cc(C)ccc1-3.CCc1ccc(-c2ccccc2)cc1.Cc1ccc(-c2ccccc2)cc1. The standard InChI is InChI=1S/C56H53B.C14H14.C13H12/c1-8-10-11-12-13-14-18-22-44(19-9-2)57(45-30-28-43(29-31-45)42-26-24-41(25-27-42)40-20-16-15-17-21-40)46-32-34-48-50-38-53-49(37-54(50)56(6,7)52(48)36-46)47-33-23-39(3)35-51(47)55(53,4)5;1-2-12-8-10-14(11-9-12)13-6-4-3-5-7-13;1-11-7-9-13(10-8-11)12-5-3-2-4-6-12/h8-12,14-38H,13H2,1-7H3;3-11H,2H2,1H3;2-10H,1H3/b10-8-,12-11-,18-14+,19-9-,44-22+;;. The van der Waals surface area contributed by atoms with Gasteiger partial charge in [-0.3, -0.25) is 0 Å². The molecule has 0 aliphatic heterocycles. The number of hydrogen-bond acceptors (Lipinski definition) is 0. The maximum atomic E-state index is 2.52. The number of benzene rings is 10. The summed E-state index contributed by atoms with van der Waals surface area (Å²) in [7, 11) is 0. The lowest BCUT2D eigenvalue weighted by atomic mass is 9.36. The van der Waals surface area contributed by atoms with Gasteiger partial charge >= 0.3 is 0 Å². The molecule has 0 radical (unpaired) electrons. The third-order valence-electron chi connectivity index (χ3n) is 17.0. The van der Waals surface area contributed by atoms with Crippen LogP contribution in [-0.2, 0) is 17.3 Å². The van der Waals surface area contributed by atoms with Gasteiger partial charge < -0.3 is 0 Å². The number of rotatable bonds is 13. The van der Waals surface area contributed by atoms with Crippen molar-refractivity contribution in [2.75, 3.05) is 0 Å². The normalized spacial score (nSPS) is 13.5. The molecule has 0 nitrogen and oxygen atoms in total. The van der Waals surface area contributed by atoms with Gasteiger partial charge in [0.15, 0.2) is 0 Å². The van der Waals surface area contributed by atoms with Crippen LogP contribution in [0.1, 0.15) is 93.8 Å². The molecule has 0 unspecified atom stereocenters. The first-order valence-electron chi connectivity index (χ1n) is 30.1. The average molecular weight is 1090 g/mol. The molecule has 2 aliphatic rings. The molecule has 414 valence electrons. The van der Waals surface area contributed by atoms with Gasteiger partial charge in [-0.1, -0.05) is 341 Å². The van der Waals surface area contributed by atoms with Crippen LogP contribution in [0.3, 0.4) is 0 Å². The second kappa shape index (κ2) is 26.5. The Bertz CT molecular complexity index is 3980. The smallest absolute Gasteiger partial charge is 0.0882 e. The van der Waals surface area contributed by atoms with Gasteiger partial charge in [0.1, 0.15) is 0 Å². The van der Waals surface area contributed by atoms with Gasteiger partial charge in [-0.2, -0.15) is 0 Å². The fraction of sp³-hybridized carbons (Fsp3) is 0.157. The second-order valence-electron chi connectivity index (χ2n) is 23.5. The van der Waals surface area contributed by atoms with Gasteiger partial charge in [-0.15, -0.1) is 0 Å². The van der Waals surface area contributed by atoms with E-state index >= 15 is 0 Å². The number of allylic oxidation sites excluding steroid dienone is 10. The molecule has 1 heteroatoms. The number of fused-ring (bicyclic) bond motifs is 6. The van der Waals surface area contributed by atoms with E-state index in [4.69, 9.17) is 0 Å². The Morgan fingerprint density at radius 2 is 0.762 bits per heavy atom. The van der Waals surface area contributed by atoms with E-state index in [9.17, 15) is 0 Å². The van der Waals surface area contributed by atoms with E-state index in [2.05, 4.69) is 335 Å². The van der Waals surface area contributed by atoms with E-state index in [0.717, 1.165) is 12.8 Å². The van der Waals surface area contributed by atoms with Crippen LogP contribution in [0.5, 0.6) is 0 Å². The Hall–Kier alpha value is -9.04. The summed E-state index contributed by atoms with van der Waals surface area (Å²) >= 11 is 0. The summed E-state index contributed by atoms with van der Waals surface area (Å²) in [4.78, 5) is 0. The van der Waals surface area contributed by atoms with Gasteiger partial charge in [-0.05, 0) is 147 Å². The molecule has 10 aromatic rings. The zero-order chi connectivity index (χ0) is 58.6. The summed E-state index contributed by atoms with van der Waals surface area (Å²) in [6, 6.07) is 86.5. The van der Waals surface area contributed by atoms with Crippen LogP contribution >= 0.6 is 0 Å². The van der Waals surface area contributed by atoms with E-state index in [1.807, 2.05) is 19.1 Å². The zero-order valence-corrected chi connectivity index (χ0v) is 50.7. The zero-order valence-electron chi connectivity index (χ0n) is 50.7. The molecule has 84 heavy (non-hydrogen) atoms. The van der Waals surface area contributed by atoms with Crippen molar-refractivity contribution in [1.29, 1.82) is 0 Å². The average Bonchev–Trinajstić information content (AvgIpc) is 1.62. The molecule has 10 aromatic carbocycles. The van der Waals surface area contributed by atoms with Crippen molar-refractivity contribution in [3.8, 4) is 66.8 Å². The highest BCUT2D eigenvalue weighted by Gasteiger charge is 2.42. The summed E-state index contributed by atoms with van der Waals surface area (Å²) in [5, 5.41) is 0. The van der Waals surface area contributed by atoms with Crippen LogP contribution in [0.2, 0.25) is 0 Å². The van der Waals surface area contributed by atoms with Gasteiger partial charge in [-0.25, -0.2) is 0 Å². The minimum Gasteiger partial charge on any atom is -0.0882 e. The minimum atomic E-state index is -0.142. The summed E-state index contributed by atoms with van der Waals surface area (Å²) in [5.41, 5.74) is 29.0. The number of hydrogen-bond donors (Lipinski definition) is 0. The summed E-state index contributed by atoms with van der Waals surface area (Å²) < 4.78 is 0. The number of aryl methyl sites for hydroxylation is 3. The Morgan fingerprint density at radius 1 is 0.369 bits per heavy atom. The summed E-state index contributed by atoms with van der Waals surface area (Å²) in [6.45, 7) is 20.4. The molecule has 0 bridgehead atoms. The summed E-state index contributed by atoms with van der Waals surface area (Å²) in [5.74, 6) is 0. The molecular weight excluding hydrogens is 1010 g/mol. The molecule has 12 rings (SSSR count). The first kappa shape index (κ1) is 58.2. The Kier molecular flexibility index (Phi) is 18.3. The van der Waals surface area contributed by atoms with Gasteiger partial charge in [0.05, 0.1) is 0 Å². The first-order valence-corrected chi connectivity index (χ1v) is 30.1. The minimum absolute atomic E-state index is 0.0397. The molecule has 0 N–H and O–H groups in total. The third kappa shape index (κ3) is 12.9. The van der Waals surface area contributed by atoms with Crippen LogP contribution in [0, 0.1) is 13.8 Å². The lowest BCUT2D eigenvalue weighted by molar-refractivity contribution is 0.652. The molecule has 0 heterocycles. The van der Waals surface area contributed by atoms with Crippen LogP contribution in [0.15, 0.2) is 297 Å². The molecule has 0 saturated heterocycles. The van der Waals surface area contributed by atoms with Gasteiger partial charge in [0.25, 0.3) is 0 Å². The summed E-state index contributed by atoms with van der Waals surface area (Å²) in [6.07, 6.45) is 21.7. The third-order valence-corrected chi connectivity index (χ3v) is 17.0. The van der Waals surface area contributed by atoms with E-state index in [0.29, 0.717) is 0 Å². The maximum absolute atomic E-state index is 2.52. The van der Waals surface area contributed by atoms with Crippen molar-refractivity contribution < 1.29 is 0 Å². The first-order chi connectivity index (χ1) is 40.9. The monoisotopic (exact) mass is 1090 g/mol. The van der Waals surface area contributed by atoms with Crippen molar-refractivity contribution in [2.45, 2.75) is 86.0 Å². The quantitative estimate of drug-likeness (QED) is 0.0797. The van der Waals surface area contributed by atoms with Crippen LogP contribution in [0.25, 0.3) is 66.8 Å². The molecule has 0 atom stereocenters. The highest BCUT2D eigenvalue weighted by molar-refractivity contribution is 6.91. The lowest BCUT2D eigenvalue weighted by Gasteiger charge is -2.25. The largest absolute Gasteiger partial charge is 0.241 e. The van der Waals surface area contributed by atoms with Crippen molar-refractivity contribution >= 4 is 17.6 Å². The molecule has 2 aliphatic carbocycles. The highest BCUT2D eigenvalue weighted by atomic mass is 14.4. The molecule has 0 saturated carbocycles. The molecule has 0 spiro atoms. The Labute approximate surface area is 503 Å². The Morgan fingerprint density at radius 3 is 1.24 bits per heavy atom. The topological polar surface area (TPSA) is 0 Å². The molecule has 0 fully saturated rings. The molecule has 0 amide bonds. The molecular formula is C83H79B. The predicted molar refractivity (Wildman–Crippen MR) is 367 cm³/mol. The fourth-order valence-electron chi connectivity index (χ4n) is 12.2. The Balaban J connectivity index is 0.000000235. The maximum Gasteiger partial charge on any atom is 0.241 e. The van der Waals surface area contributed by atoms with Crippen LogP contribution in [-0.4, -0.2) is 6.71 Å². The van der Waals surface area contributed by atoms with E-state index in [1.54, 1.807) is 0 Å². The molecule has 0 aromatic heterocycles. The van der Waals surface area contributed by atoms with Gasteiger partial charge in [0.2, 0.25) is 6.71 Å². The van der Waals surface area contributed by atoms with Gasteiger partial charge in [0, 0.05) is 10.8 Å². The van der Waals surface area contributed by atoms with Crippen LogP contribution in [0.4, 0.5) is 0 Å². The van der Waals surface area contributed by atoms with Crippen LogP contribution < -0.4 is 10.9 Å². The van der Waals surface area contributed by atoms with E-state index < -0.39 is 0 Å². The lowest BCUT2D eigenvalue weighted by Crippen LogP contribution is -2.44. The van der Waals surface area contributed by atoms with Crippen molar-refractivity contribution in [2.24, 2.45) is 0 Å². The van der Waals surface area contributed by atoms with Crippen molar-refractivity contribution in [1.82, 2.24) is 0 Å². The van der Waals surface area contributed by atoms with Crippen molar-refractivity contribution in [3.05, 3.63) is 336 Å². The van der Waals surface area contributed by atoms with E-state index in [1.165, 1.54) is 122 Å². The second-order valence-corrected chi connectivity index (χ2v) is 23.5. The predicted octanol–water partition coefficient (Wildman–Crippen LogP) is 21.2. The fourth-order valence-corrected chi connectivity index (χ4v) is 12.2.